The van der Waals surface area contributed by atoms with E-state index in [4.69, 9.17) is 19.9 Å². The van der Waals surface area contributed by atoms with Crippen molar-refractivity contribution in [2.75, 3.05) is 18.7 Å². The van der Waals surface area contributed by atoms with Gasteiger partial charge in [-0.2, -0.15) is 0 Å². The van der Waals surface area contributed by atoms with E-state index in [1.165, 1.54) is 6.33 Å². The van der Waals surface area contributed by atoms with Crippen LogP contribution in [0.4, 0.5) is 5.82 Å². The van der Waals surface area contributed by atoms with Crippen LogP contribution >= 0.6 is 7.44 Å². The molecule has 2 aromatic heterocycles. The fourth-order valence-corrected chi connectivity index (χ4v) is 7.28. The molecule has 0 radical (unpaired) electrons. The van der Waals surface area contributed by atoms with Crippen molar-refractivity contribution in [3.63, 3.8) is 0 Å². The minimum absolute atomic E-state index is 0.138. The molecule has 2 heterocycles. The Labute approximate surface area is 248 Å². The number of esters is 2. The number of nitrogens with zero attached hydrogens (tertiary/aromatic N) is 4. The molecule has 1 aliphatic rings. The number of hydrogen-bond acceptors (Lipinski definition) is 10. The molecule has 3 rings (SSSR count). The zero-order valence-electron chi connectivity index (χ0n) is 25.6. The molecule has 3 atom stereocenters. The predicted molar refractivity (Wildman–Crippen MR) is 161 cm³/mol. The fraction of sp³-hybridized carbons (Fsp3) is 0.750. The maximum atomic E-state index is 14.3. The quantitative estimate of drug-likeness (QED) is 0.132. The van der Waals surface area contributed by atoms with Gasteiger partial charge in [0.1, 0.15) is 35.9 Å². The van der Waals surface area contributed by atoms with E-state index >= 15 is 0 Å². The number of imidazole rings is 1. The summed E-state index contributed by atoms with van der Waals surface area (Å²) in [6.45, 7) is 9.36. The lowest BCUT2D eigenvalue weighted by atomic mass is 9.98. The van der Waals surface area contributed by atoms with Gasteiger partial charge in [-0.05, 0) is 59.8 Å². The maximum absolute atomic E-state index is 14.3. The second-order valence-electron chi connectivity index (χ2n) is 11.7. The lowest BCUT2D eigenvalue weighted by Gasteiger charge is -2.33. The van der Waals surface area contributed by atoms with Gasteiger partial charge in [-0.3, -0.25) is 14.2 Å². The lowest BCUT2D eigenvalue weighted by molar-refractivity contribution is -0.152. The summed E-state index contributed by atoms with van der Waals surface area (Å²) >= 11 is 0. The Bertz CT molecular complexity index is 1220. The molecule has 4 N–H and O–H groups in total. The summed E-state index contributed by atoms with van der Waals surface area (Å²) in [5.41, 5.74) is 5.62. The molecule has 0 aliphatic heterocycles. The first-order chi connectivity index (χ1) is 19.9. The summed E-state index contributed by atoms with van der Waals surface area (Å²) in [5, 5.41) is 5.85. The second kappa shape index (κ2) is 15.7. The smallest absolute Gasteiger partial charge is 0.326 e. The van der Waals surface area contributed by atoms with E-state index in [0.29, 0.717) is 17.7 Å². The molecule has 0 unspecified atom stereocenters. The van der Waals surface area contributed by atoms with Crippen LogP contribution in [0.5, 0.6) is 0 Å². The number of nitrogens with one attached hydrogen (secondary N) is 2. The van der Waals surface area contributed by atoms with Gasteiger partial charge in [0.2, 0.25) is 7.44 Å². The fourth-order valence-electron chi connectivity index (χ4n) is 4.88. The first kappa shape index (κ1) is 33.9. The van der Waals surface area contributed by atoms with Crippen LogP contribution in [0.15, 0.2) is 12.7 Å². The van der Waals surface area contributed by atoms with Crippen LogP contribution in [0.1, 0.15) is 92.4 Å². The third kappa shape index (κ3) is 10.00. The first-order valence-corrected chi connectivity index (χ1v) is 16.9. The third-order valence-corrected chi connectivity index (χ3v) is 9.45. The van der Waals surface area contributed by atoms with Gasteiger partial charge < -0.3 is 24.5 Å². The third-order valence-electron chi connectivity index (χ3n) is 7.22. The average Bonchev–Trinajstić information content (AvgIpc) is 3.35. The molecule has 0 spiro atoms. The number of anilines is 1. The molecular formula is C28H48N7O6P. The molecule has 0 amide bonds. The SMILES string of the molecule is CCCCCCOC(=O)C(C)(C)N[P@@](=O)(CO[C@H](C)Cn1cnc2c(N)ncnc21)N[C@H](C)C(=O)OC1CCCCC1. The Hall–Kier alpha value is -2.60. The van der Waals surface area contributed by atoms with Crippen molar-refractivity contribution >= 4 is 36.4 Å². The van der Waals surface area contributed by atoms with Gasteiger partial charge in [0, 0.05) is 0 Å². The van der Waals surface area contributed by atoms with E-state index < -0.39 is 37.1 Å². The number of nitrogen functional groups attached to an aromatic ring is 1. The van der Waals surface area contributed by atoms with E-state index in [-0.39, 0.29) is 24.9 Å². The molecule has 1 aliphatic carbocycles. The van der Waals surface area contributed by atoms with Crippen LogP contribution < -0.4 is 15.9 Å². The average molecular weight is 610 g/mol. The Kier molecular flexibility index (Phi) is 12.7. The van der Waals surface area contributed by atoms with Gasteiger partial charge in [0.15, 0.2) is 11.5 Å². The standard InChI is InChI=1S/C28H48N7O6P/c1-6-7-8-12-15-39-27(37)28(4,5)34-42(38,33-21(3)26(36)41-22-13-10-9-11-14-22)19-40-20(2)16-35-18-32-23-24(29)30-17-31-25(23)35/h17-18,20-22H,6-16,19H2,1-5H3,(H2,29,30,31)(H2,33,34,38)/t20-,21-,42-/m1/s1. The molecule has 0 saturated heterocycles. The molecule has 1 fully saturated rings. The van der Waals surface area contributed by atoms with Gasteiger partial charge in [-0.15, -0.1) is 0 Å². The number of fused-ring (bicyclic) bond motifs is 1. The predicted octanol–water partition coefficient (Wildman–Crippen LogP) is 4.31. The molecule has 0 bridgehead atoms. The summed E-state index contributed by atoms with van der Waals surface area (Å²) in [5.74, 6) is -0.747. The highest BCUT2D eigenvalue weighted by molar-refractivity contribution is 7.59. The normalized spacial score (nSPS) is 17.5. The van der Waals surface area contributed by atoms with Crippen LogP contribution in [0.25, 0.3) is 11.2 Å². The molecule has 1 saturated carbocycles. The van der Waals surface area contributed by atoms with Gasteiger partial charge in [0.25, 0.3) is 0 Å². The maximum Gasteiger partial charge on any atom is 0.326 e. The van der Waals surface area contributed by atoms with E-state index in [1.807, 2.05) is 6.92 Å². The number of aromatic nitrogens is 4. The Balaban J connectivity index is 1.68. The van der Waals surface area contributed by atoms with Crippen LogP contribution in [-0.2, 0) is 34.9 Å². The summed E-state index contributed by atoms with van der Waals surface area (Å²) < 4.78 is 33.3. The minimum Gasteiger partial charge on any atom is -0.464 e. The number of ether oxygens (including phenoxy) is 3. The summed E-state index contributed by atoms with van der Waals surface area (Å²) in [7, 11) is -3.70. The summed E-state index contributed by atoms with van der Waals surface area (Å²) in [6.07, 6.45) is 10.8. The highest BCUT2D eigenvalue weighted by Crippen LogP contribution is 2.40. The second-order valence-corrected chi connectivity index (χ2v) is 13.9. The van der Waals surface area contributed by atoms with E-state index in [0.717, 1.165) is 57.8 Å². The van der Waals surface area contributed by atoms with Crippen molar-refractivity contribution in [3.05, 3.63) is 12.7 Å². The number of carbonyl (C=O) groups is 2. The lowest BCUT2D eigenvalue weighted by Crippen LogP contribution is -2.50. The largest absolute Gasteiger partial charge is 0.464 e. The van der Waals surface area contributed by atoms with Crippen LogP contribution in [0.2, 0.25) is 0 Å². The van der Waals surface area contributed by atoms with E-state index in [9.17, 15) is 14.2 Å². The van der Waals surface area contributed by atoms with Crippen molar-refractivity contribution in [1.29, 1.82) is 0 Å². The number of carbonyl (C=O) groups excluding carboxylic acids is 2. The zero-order chi connectivity index (χ0) is 30.8. The molecule has 2 aromatic rings. The molecule has 0 aromatic carbocycles. The van der Waals surface area contributed by atoms with Crippen molar-refractivity contribution < 1.29 is 28.4 Å². The monoisotopic (exact) mass is 609 g/mol. The van der Waals surface area contributed by atoms with Gasteiger partial charge in [0.05, 0.1) is 25.6 Å². The van der Waals surface area contributed by atoms with Crippen LogP contribution in [0, 0.1) is 0 Å². The Morgan fingerprint density at radius 2 is 1.88 bits per heavy atom. The first-order valence-electron chi connectivity index (χ1n) is 15.0. The zero-order valence-corrected chi connectivity index (χ0v) is 26.5. The summed E-state index contributed by atoms with van der Waals surface area (Å²) in [4.78, 5) is 38.4. The van der Waals surface area contributed by atoms with Crippen LogP contribution in [0.3, 0.4) is 0 Å². The highest BCUT2D eigenvalue weighted by Gasteiger charge is 2.39. The van der Waals surface area contributed by atoms with Gasteiger partial charge in [-0.1, -0.05) is 32.6 Å². The highest BCUT2D eigenvalue weighted by atomic mass is 31.2. The van der Waals surface area contributed by atoms with E-state index in [1.54, 1.807) is 31.7 Å². The van der Waals surface area contributed by atoms with Crippen molar-refractivity contribution in [1.82, 2.24) is 29.7 Å². The van der Waals surface area contributed by atoms with Gasteiger partial charge in [-0.25, -0.2) is 25.1 Å². The Morgan fingerprint density at radius 1 is 1.14 bits per heavy atom. The number of rotatable bonds is 17. The number of unbranched alkanes of at least 4 members (excludes halogenated alkanes) is 3. The Morgan fingerprint density at radius 3 is 2.60 bits per heavy atom. The van der Waals surface area contributed by atoms with Crippen LogP contribution in [-0.4, -0.2) is 68.2 Å². The van der Waals surface area contributed by atoms with Crippen molar-refractivity contribution in [2.24, 2.45) is 0 Å². The number of nitrogens with two attached hydrogens (primary N) is 1. The number of hydrogen-bond donors (Lipinski definition) is 3. The molecular weight excluding hydrogens is 561 g/mol. The van der Waals surface area contributed by atoms with Crippen molar-refractivity contribution in [2.45, 2.75) is 123 Å². The van der Waals surface area contributed by atoms with E-state index in [2.05, 4.69) is 32.1 Å². The molecule has 14 heteroatoms. The molecule has 236 valence electrons. The van der Waals surface area contributed by atoms with Crippen molar-refractivity contribution in [3.8, 4) is 0 Å². The topological polar surface area (TPSA) is 173 Å². The van der Waals surface area contributed by atoms with Gasteiger partial charge >= 0.3 is 11.9 Å². The molecule has 42 heavy (non-hydrogen) atoms. The minimum atomic E-state index is -3.70. The molecule has 13 nitrogen and oxygen atoms in total. The summed E-state index contributed by atoms with van der Waals surface area (Å²) in [6, 6.07) is -0.901.